The van der Waals surface area contributed by atoms with E-state index in [4.69, 9.17) is 40.7 Å². The smallest absolute Gasteiger partial charge is 0.543 e. The fourth-order valence-electron chi connectivity index (χ4n) is 1.28. The number of nitrogens with two attached hydrogens (primary N) is 2. The standard InChI is InChI=1S/2C7H9NO.C2H2O4.Fe/c2*1-9-7-4-2-3-6(8)5-7;3-1(4)2(5)6;/h2*2-5H,8H2,1H3;(H,3,4)(H,5,6);/q;;;+2/p-2. The predicted octanol–water partition coefficient (Wildman–Crippen LogP) is -0.961. The Morgan fingerprint density at radius 2 is 1.12 bits per heavy atom. The molecule has 0 saturated heterocycles. The van der Waals surface area contributed by atoms with Crippen molar-refractivity contribution < 1.29 is 46.3 Å². The van der Waals surface area contributed by atoms with Crippen molar-refractivity contribution in [1.29, 1.82) is 0 Å². The van der Waals surface area contributed by atoms with Crippen LogP contribution in [0.15, 0.2) is 48.5 Å². The topological polar surface area (TPSA) is 151 Å². The summed E-state index contributed by atoms with van der Waals surface area (Å²) >= 11 is 0. The van der Waals surface area contributed by atoms with E-state index in [1.807, 2.05) is 36.4 Å². The Bertz CT molecular complexity index is 609. The molecule has 9 heteroatoms. The quantitative estimate of drug-likeness (QED) is 0.378. The zero-order chi connectivity index (χ0) is 18.5. The normalized spacial score (nSPS) is 8.24. The zero-order valence-corrected chi connectivity index (χ0v) is 14.7. The molecule has 0 amide bonds. The van der Waals surface area contributed by atoms with E-state index in [1.54, 1.807) is 26.4 Å². The van der Waals surface area contributed by atoms with Crippen LogP contribution in [-0.2, 0) is 26.7 Å². The van der Waals surface area contributed by atoms with Crippen molar-refractivity contribution in [3.05, 3.63) is 48.5 Å². The van der Waals surface area contributed by atoms with E-state index in [1.165, 1.54) is 0 Å². The van der Waals surface area contributed by atoms with E-state index >= 15 is 0 Å². The number of ether oxygens (including phenoxy) is 2. The summed E-state index contributed by atoms with van der Waals surface area (Å²) in [5, 5.41) is 17.9. The SMILES string of the molecule is COc1cccc(N)c1.COc1cccc(N)c1.O=C([O-])C(=O)[O-].[Fe+2]. The minimum atomic E-state index is -2.19. The van der Waals surface area contributed by atoms with Gasteiger partial charge in [-0.1, -0.05) is 12.1 Å². The Labute approximate surface area is 155 Å². The third-order valence-corrected chi connectivity index (χ3v) is 2.35. The molecule has 4 N–H and O–H groups in total. The van der Waals surface area contributed by atoms with Gasteiger partial charge in [0.05, 0.1) is 26.2 Å². The summed E-state index contributed by atoms with van der Waals surface area (Å²) < 4.78 is 9.83. The molecular formula is C16H18FeN2O6. The van der Waals surface area contributed by atoms with Crippen LogP contribution in [0.2, 0.25) is 0 Å². The van der Waals surface area contributed by atoms with Crippen molar-refractivity contribution in [3.8, 4) is 11.5 Å². The number of hydrogen-bond acceptors (Lipinski definition) is 8. The van der Waals surface area contributed by atoms with Crippen LogP contribution >= 0.6 is 0 Å². The maximum atomic E-state index is 8.93. The van der Waals surface area contributed by atoms with Crippen LogP contribution in [0.5, 0.6) is 11.5 Å². The first kappa shape index (κ1) is 24.4. The van der Waals surface area contributed by atoms with E-state index in [-0.39, 0.29) is 17.1 Å². The largest absolute Gasteiger partial charge is 2.00 e. The van der Waals surface area contributed by atoms with Gasteiger partial charge < -0.3 is 40.7 Å². The maximum Gasteiger partial charge on any atom is 2.00 e. The molecule has 2 rings (SSSR count). The van der Waals surface area contributed by atoms with Crippen LogP contribution in [-0.4, -0.2) is 26.2 Å². The van der Waals surface area contributed by atoms with Crippen LogP contribution in [0.4, 0.5) is 11.4 Å². The molecule has 2 aromatic carbocycles. The first-order valence-corrected chi connectivity index (χ1v) is 6.51. The van der Waals surface area contributed by atoms with Crippen molar-refractivity contribution >= 4 is 23.3 Å². The van der Waals surface area contributed by atoms with E-state index in [2.05, 4.69) is 0 Å². The number of carbonyl (C=O) groups excluding carboxylic acids is 2. The molecule has 0 unspecified atom stereocenters. The molecule has 2 aromatic rings. The molecular weight excluding hydrogens is 372 g/mol. The average Bonchev–Trinajstić information content (AvgIpc) is 2.55. The van der Waals surface area contributed by atoms with Crippen LogP contribution in [0.1, 0.15) is 0 Å². The van der Waals surface area contributed by atoms with Gasteiger partial charge in [-0.2, -0.15) is 0 Å². The summed E-state index contributed by atoms with van der Waals surface area (Å²) in [7, 11) is 3.24. The van der Waals surface area contributed by atoms with Crippen LogP contribution in [0.3, 0.4) is 0 Å². The zero-order valence-electron chi connectivity index (χ0n) is 13.6. The first-order valence-electron chi connectivity index (χ1n) is 6.51. The number of methoxy groups -OCH3 is 2. The van der Waals surface area contributed by atoms with Crippen molar-refractivity contribution in [2.24, 2.45) is 0 Å². The molecule has 0 bridgehead atoms. The molecule has 0 saturated carbocycles. The number of aliphatic carboxylic acids is 2. The van der Waals surface area contributed by atoms with E-state index in [0.717, 1.165) is 22.9 Å². The Hall–Kier alpha value is -2.90. The molecule has 8 nitrogen and oxygen atoms in total. The second-order valence-electron chi connectivity index (χ2n) is 4.13. The molecule has 0 aliphatic carbocycles. The molecule has 0 radical (unpaired) electrons. The molecule has 0 heterocycles. The van der Waals surface area contributed by atoms with Gasteiger partial charge in [-0.25, -0.2) is 0 Å². The number of rotatable bonds is 2. The monoisotopic (exact) mass is 390 g/mol. The van der Waals surface area contributed by atoms with E-state index < -0.39 is 11.9 Å². The second kappa shape index (κ2) is 13.5. The van der Waals surface area contributed by atoms with Gasteiger partial charge in [0, 0.05) is 23.5 Å². The summed E-state index contributed by atoms with van der Waals surface area (Å²) in [5.41, 5.74) is 12.4. The van der Waals surface area contributed by atoms with Crippen LogP contribution in [0.25, 0.3) is 0 Å². The molecule has 0 fully saturated rings. The molecule has 0 atom stereocenters. The van der Waals surface area contributed by atoms with Crippen molar-refractivity contribution in [2.45, 2.75) is 0 Å². The van der Waals surface area contributed by atoms with Gasteiger partial charge in [0.15, 0.2) is 0 Å². The minimum Gasteiger partial charge on any atom is -0.543 e. The number of anilines is 2. The van der Waals surface area contributed by atoms with Gasteiger partial charge in [0.2, 0.25) is 0 Å². The minimum absolute atomic E-state index is 0. The summed E-state index contributed by atoms with van der Waals surface area (Å²) in [6, 6.07) is 14.6. The van der Waals surface area contributed by atoms with Crippen LogP contribution < -0.4 is 31.2 Å². The fraction of sp³-hybridized carbons (Fsp3) is 0.125. The van der Waals surface area contributed by atoms with Crippen molar-refractivity contribution in [3.63, 3.8) is 0 Å². The summed E-state index contributed by atoms with van der Waals surface area (Å²) in [6.45, 7) is 0. The third kappa shape index (κ3) is 12.2. The number of benzene rings is 2. The fourth-order valence-corrected chi connectivity index (χ4v) is 1.28. The first-order chi connectivity index (χ1) is 11.3. The van der Waals surface area contributed by atoms with Gasteiger partial charge in [0.25, 0.3) is 0 Å². The molecule has 25 heavy (non-hydrogen) atoms. The number of hydrogen-bond donors (Lipinski definition) is 2. The van der Waals surface area contributed by atoms with Crippen LogP contribution in [0, 0.1) is 0 Å². The van der Waals surface area contributed by atoms with E-state index in [9.17, 15) is 0 Å². The number of carboxylic acids is 2. The summed E-state index contributed by atoms with van der Waals surface area (Å²) in [6.07, 6.45) is 0. The maximum absolute atomic E-state index is 8.93. The van der Waals surface area contributed by atoms with Gasteiger partial charge in [-0.15, -0.1) is 0 Å². The average molecular weight is 390 g/mol. The number of carbonyl (C=O) groups is 2. The van der Waals surface area contributed by atoms with E-state index in [0.29, 0.717) is 0 Å². The Kier molecular flexibility index (Phi) is 13.2. The van der Waals surface area contributed by atoms with Crippen molar-refractivity contribution in [2.75, 3.05) is 25.7 Å². The van der Waals surface area contributed by atoms with Crippen molar-refractivity contribution in [1.82, 2.24) is 0 Å². The summed E-state index contributed by atoms with van der Waals surface area (Å²) in [4.78, 5) is 17.9. The van der Waals surface area contributed by atoms with Gasteiger partial charge in [-0.3, -0.25) is 0 Å². The molecule has 0 spiro atoms. The van der Waals surface area contributed by atoms with Gasteiger partial charge >= 0.3 is 17.1 Å². The van der Waals surface area contributed by atoms with Gasteiger partial charge in [0.1, 0.15) is 11.5 Å². The molecule has 136 valence electrons. The predicted molar refractivity (Wildman–Crippen MR) is 84.8 cm³/mol. The molecule has 0 aromatic heterocycles. The van der Waals surface area contributed by atoms with Gasteiger partial charge in [-0.05, 0) is 24.3 Å². The molecule has 0 aliphatic heterocycles. The Morgan fingerprint density at radius 1 is 0.800 bits per heavy atom. The summed E-state index contributed by atoms with van der Waals surface area (Å²) in [5.74, 6) is -2.77. The Balaban J connectivity index is 0. The second-order valence-corrected chi connectivity index (χ2v) is 4.13. The molecule has 0 aliphatic rings. The third-order valence-electron chi connectivity index (χ3n) is 2.35. The number of nitrogen functional groups attached to an aromatic ring is 2. The number of carboxylic acid groups (broad SMARTS) is 2. The Morgan fingerprint density at radius 3 is 1.28 bits per heavy atom.